The molecule has 1 aliphatic rings. The molecule has 0 saturated heterocycles. The Hall–Kier alpha value is -2.28. The fraction of sp³-hybridized carbons (Fsp3) is 0.360. The molecule has 1 N–H and O–H groups in total. The summed E-state index contributed by atoms with van der Waals surface area (Å²) in [6, 6.07) is 13.7. The van der Waals surface area contributed by atoms with E-state index in [0.29, 0.717) is 5.92 Å². The highest BCUT2D eigenvalue weighted by Gasteiger charge is 2.25. The maximum absolute atomic E-state index is 3.79. The summed E-state index contributed by atoms with van der Waals surface area (Å²) in [5.74, 6) is 0.413. The van der Waals surface area contributed by atoms with Crippen molar-refractivity contribution in [2.45, 2.75) is 60.4 Å². The Balaban J connectivity index is 1.98. The minimum absolute atomic E-state index is 0.257. The summed E-state index contributed by atoms with van der Waals surface area (Å²) in [6.45, 7) is 15.6. The van der Waals surface area contributed by atoms with Gasteiger partial charge >= 0.3 is 0 Å². The van der Waals surface area contributed by atoms with Gasteiger partial charge in [-0.1, -0.05) is 64.8 Å². The molecule has 0 fully saturated rings. The largest absolute Gasteiger partial charge is 0.378 e. The van der Waals surface area contributed by atoms with Gasteiger partial charge in [-0.15, -0.1) is 0 Å². The summed E-state index contributed by atoms with van der Waals surface area (Å²) >= 11 is 0. The molecule has 0 saturated carbocycles. The van der Waals surface area contributed by atoms with E-state index in [-0.39, 0.29) is 6.04 Å². The number of aryl methyl sites for hydroxylation is 3. The molecule has 0 heterocycles. The molecule has 0 radical (unpaired) electrons. The van der Waals surface area contributed by atoms with Crippen LogP contribution in [0.4, 0.5) is 5.69 Å². The zero-order valence-electron chi connectivity index (χ0n) is 17.2. The summed E-state index contributed by atoms with van der Waals surface area (Å²) in [5.41, 5.74) is 12.4. The van der Waals surface area contributed by atoms with Crippen LogP contribution in [-0.4, -0.2) is 0 Å². The molecule has 0 spiro atoms. The SMILES string of the molecule is CC1=CC(C)=C(C)C1c1ccccc1C(C)Nc1c(C)cc(C)cc1C. The van der Waals surface area contributed by atoms with Crippen molar-refractivity contribution in [3.05, 3.63) is 87.0 Å². The third-order valence-electron chi connectivity index (χ3n) is 5.77. The zero-order chi connectivity index (χ0) is 19.0. The molecule has 1 nitrogen and oxygen atoms in total. The van der Waals surface area contributed by atoms with Crippen molar-refractivity contribution in [3.63, 3.8) is 0 Å². The first kappa shape index (κ1) is 18.5. The third kappa shape index (κ3) is 3.35. The van der Waals surface area contributed by atoms with Gasteiger partial charge in [-0.25, -0.2) is 0 Å². The first-order valence-corrected chi connectivity index (χ1v) is 9.58. The van der Waals surface area contributed by atoms with E-state index >= 15 is 0 Å². The number of rotatable bonds is 4. The van der Waals surface area contributed by atoms with E-state index in [1.54, 1.807) is 0 Å². The topological polar surface area (TPSA) is 12.0 Å². The van der Waals surface area contributed by atoms with Crippen LogP contribution in [0.25, 0.3) is 0 Å². The lowest BCUT2D eigenvalue weighted by Gasteiger charge is -2.26. The highest BCUT2D eigenvalue weighted by molar-refractivity contribution is 5.60. The Bertz CT molecular complexity index is 875. The van der Waals surface area contributed by atoms with Crippen LogP contribution in [0.5, 0.6) is 0 Å². The molecule has 0 aromatic heterocycles. The Labute approximate surface area is 158 Å². The maximum Gasteiger partial charge on any atom is 0.0488 e. The number of anilines is 1. The second-order valence-electron chi connectivity index (χ2n) is 7.96. The molecule has 26 heavy (non-hydrogen) atoms. The lowest BCUT2D eigenvalue weighted by Crippen LogP contribution is -2.13. The van der Waals surface area contributed by atoms with Gasteiger partial charge in [0.1, 0.15) is 0 Å². The van der Waals surface area contributed by atoms with Crippen LogP contribution < -0.4 is 5.32 Å². The van der Waals surface area contributed by atoms with E-state index in [0.717, 1.165) is 0 Å². The number of hydrogen-bond acceptors (Lipinski definition) is 1. The van der Waals surface area contributed by atoms with Gasteiger partial charge < -0.3 is 5.32 Å². The average molecular weight is 346 g/mol. The molecule has 1 aliphatic carbocycles. The van der Waals surface area contributed by atoms with Crippen LogP contribution in [0.3, 0.4) is 0 Å². The number of benzene rings is 2. The van der Waals surface area contributed by atoms with E-state index < -0.39 is 0 Å². The van der Waals surface area contributed by atoms with Gasteiger partial charge in [0.15, 0.2) is 0 Å². The average Bonchev–Trinajstić information content (AvgIpc) is 2.83. The molecule has 0 aliphatic heterocycles. The zero-order valence-corrected chi connectivity index (χ0v) is 17.2. The van der Waals surface area contributed by atoms with Crippen molar-refractivity contribution in [1.82, 2.24) is 0 Å². The van der Waals surface area contributed by atoms with Crippen LogP contribution in [0.2, 0.25) is 0 Å². The van der Waals surface area contributed by atoms with Crippen molar-refractivity contribution >= 4 is 5.69 Å². The van der Waals surface area contributed by atoms with Crippen molar-refractivity contribution in [2.75, 3.05) is 5.32 Å². The van der Waals surface area contributed by atoms with Crippen molar-refractivity contribution in [3.8, 4) is 0 Å². The Morgan fingerprint density at radius 2 is 1.50 bits per heavy atom. The van der Waals surface area contributed by atoms with Crippen LogP contribution in [0, 0.1) is 20.8 Å². The smallest absolute Gasteiger partial charge is 0.0488 e. The molecular weight excluding hydrogens is 314 g/mol. The summed E-state index contributed by atoms with van der Waals surface area (Å²) < 4.78 is 0. The highest BCUT2D eigenvalue weighted by atomic mass is 14.9. The van der Waals surface area contributed by atoms with E-state index in [9.17, 15) is 0 Å². The molecule has 136 valence electrons. The number of hydrogen-bond donors (Lipinski definition) is 1. The predicted octanol–water partition coefficient (Wildman–Crippen LogP) is 7.16. The predicted molar refractivity (Wildman–Crippen MR) is 114 cm³/mol. The van der Waals surface area contributed by atoms with Gasteiger partial charge in [-0.2, -0.15) is 0 Å². The number of allylic oxidation sites excluding steroid dienone is 4. The highest BCUT2D eigenvalue weighted by Crippen LogP contribution is 2.42. The molecular formula is C25H31N. The minimum atomic E-state index is 0.257. The van der Waals surface area contributed by atoms with Crippen molar-refractivity contribution in [1.29, 1.82) is 0 Å². The van der Waals surface area contributed by atoms with E-state index in [1.165, 1.54) is 50.2 Å². The van der Waals surface area contributed by atoms with E-state index in [2.05, 4.69) is 96.3 Å². The molecule has 2 atom stereocenters. The Kier molecular flexibility index (Phi) is 5.09. The van der Waals surface area contributed by atoms with Gasteiger partial charge in [0.2, 0.25) is 0 Å². The van der Waals surface area contributed by atoms with E-state index in [1.807, 2.05) is 0 Å². The van der Waals surface area contributed by atoms with Crippen LogP contribution in [0.15, 0.2) is 59.2 Å². The van der Waals surface area contributed by atoms with Crippen LogP contribution in [-0.2, 0) is 0 Å². The van der Waals surface area contributed by atoms with Gasteiger partial charge in [-0.05, 0) is 70.7 Å². The first-order chi connectivity index (χ1) is 12.3. The molecule has 0 bridgehead atoms. The summed E-state index contributed by atoms with van der Waals surface area (Å²) in [6.07, 6.45) is 2.34. The molecule has 0 amide bonds. The second-order valence-corrected chi connectivity index (χ2v) is 7.96. The van der Waals surface area contributed by atoms with E-state index in [4.69, 9.17) is 0 Å². The summed E-state index contributed by atoms with van der Waals surface area (Å²) in [7, 11) is 0. The molecule has 2 aromatic carbocycles. The fourth-order valence-electron chi connectivity index (χ4n) is 4.46. The lowest BCUT2D eigenvalue weighted by atomic mass is 9.84. The standard InChI is InChI=1S/C25H31N/c1-15-12-18(4)25(19(5)13-15)26-21(7)22-10-8-9-11-23(22)24-17(3)14-16(2)20(24)6/h8-14,21,24,26H,1-7H3. The lowest BCUT2D eigenvalue weighted by molar-refractivity contribution is 0.829. The van der Waals surface area contributed by atoms with Crippen LogP contribution in [0.1, 0.15) is 67.5 Å². The molecule has 1 heteroatoms. The first-order valence-electron chi connectivity index (χ1n) is 9.58. The quantitative estimate of drug-likeness (QED) is 0.619. The fourth-order valence-corrected chi connectivity index (χ4v) is 4.46. The van der Waals surface area contributed by atoms with Gasteiger partial charge in [0, 0.05) is 17.6 Å². The normalized spacial score (nSPS) is 18.1. The monoisotopic (exact) mass is 345 g/mol. The third-order valence-corrected chi connectivity index (χ3v) is 5.77. The van der Waals surface area contributed by atoms with Gasteiger partial charge in [-0.3, -0.25) is 0 Å². The van der Waals surface area contributed by atoms with Crippen molar-refractivity contribution < 1.29 is 0 Å². The van der Waals surface area contributed by atoms with Gasteiger partial charge in [0.25, 0.3) is 0 Å². The second kappa shape index (κ2) is 7.15. The summed E-state index contributed by atoms with van der Waals surface area (Å²) in [5, 5.41) is 3.79. The van der Waals surface area contributed by atoms with Crippen LogP contribution >= 0.6 is 0 Å². The molecule has 2 aromatic rings. The Morgan fingerprint density at radius 1 is 0.885 bits per heavy atom. The molecule has 3 rings (SSSR count). The molecule has 2 unspecified atom stereocenters. The van der Waals surface area contributed by atoms with Crippen molar-refractivity contribution in [2.24, 2.45) is 0 Å². The maximum atomic E-state index is 3.79. The minimum Gasteiger partial charge on any atom is -0.378 e. The Morgan fingerprint density at radius 3 is 2.08 bits per heavy atom. The summed E-state index contributed by atoms with van der Waals surface area (Å²) in [4.78, 5) is 0. The number of nitrogens with one attached hydrogen (secondary N) is 1. The van der Waals surface area contributed by atoms with Gasteiger partial charge in [0.05, 0.1) is 0 Å².